The Hall–Kier alpha value is -3.89. The van der Waals surface area contributed by atoms with Crippen LogP contribution in [0.15, 0.2) is 60.0 Å². The zero-order valence-electron chi connectivity index (χ0n) is 18.0. The maximum Gasteiger partial charge on any atom is 0.283 e. The Kier molecular flexibility index (Phi) is 4.61. The van der Waals surface area contributed by atoms with Gasteiger partial charge in [-0.1, -0.05) is 24.0 Å². The number of pyridine rings is 2. The quantitative estimate of drug-likeness (QED) is 0.630. The smallest absolute Gasteiger partial charge is 0.283 e. The molecule has 2 aliphatic heterocycles. The summed E-state index contributed by atoms with van der Waals surface area (Å²) in [5.74, 6) is 7.39. The fraction of sp³-hybridized carbons (Fsp3) is 0.240. The van der Waals surface area contributed by atoms with Crippen LogP contribution >= 0.6 is 0 Å². The van der Waals surface area contributed by atoms with Crippen molar-refractivity contribution in [1.82, 2.24) is 9.97 Å². The largest absolute Gasteiger partial charge is 0.462 e. The van der Waals surface area contributed by atoms with Gasteiger partial charge in [0.15, 0.2) is 5.54 Å². The summed E-state index contributed by atoms with van der Waals surface area (Å²) in [5, 5.41) is 0. The van der Waals surface area contributed by atoms with E-state index in [1.807, 2.05) is 56.4 Å². The molecule has 7 nitrogen and oxygen atoms in total. The number of ether oxygens (including phenoxy) is 3. The number of fused-ring (bicyclic) bond motifs is 4. The van der Waals surface area contributed by atoms with Gasteiger partial charge in [-0.15, -0.1) is 0 Å². The molecule has 0 saturated heterocycles. The lowest BCUT2D eigenvalue weighted by Gasteiger charge is -2.33. The first-order chi connectivity index (χ1) is 15.4. The number of hydrogen-bond donors (Lipinski definition) is 1. The van der Waals surface area contributed by atoms with Gasteiger partial charge in [-0.05, 0) is 43.7 Å². The van der Waals surface area contributed by atoms with Crippen LogP contribution < -0.4 is 10.5 Å². The van der Waals surface area contributed by atoms with Crippen LogP contribution in [0, 0.1) is 11.8 Å². The molecule has 160 valence electrons. The average molecular weight is 426 g/mol. The second-order valence-electron chi connectivity index (χ2n) is 8.19. The molecule has 0 saturated carbocycles. The highest BCUT2D eigenvalue weighted by molar-refractivity contribution is 5.77. The Balaban J connectivity index is 1.66. The summed E-state index contributed by atoms with van der Waals surface area (Å²) >= 11 is 0. The third kappa shape index (κ3) is 3.35. The van der Waals surface area contributed by atoms with Crippen LogP contribution in [0.2, 0.25) is 0 Å². The molecular formula is C25H22N4O3. The average Bonchev–Trinajstić information content (AvgIpc) is 3.21. The van der Waals surface area contributed by atoms with Crippen LogP contribution in [-0.2, 0) is 15.0 Å². The van der Waals surface area contributed by atoms with E-state index >= 15 is 0 Å². The fourth-order valence-electron chi connectivity index (χ4n) is 3.78. The Morgan fingerprint density at radius 1 is 1.12 bits per heavy atom. The Bertz CT molecular complexity index is 1290. The molecule has 2 aliphatic rings. The summed E-state index contributed by atoms with van der Waals surface area (Å²) in [6.45, 7) is 4.06. The van der Waals surface area contributed by atoms with Gasteiger partial charge in [0, 0.05) is 42.4 Å². The molecule has 2 N–H and O–H groups in total. The highest BCUT2D eigenvalue weighted by Gasteiger charge is 2.47. The summed E-state index contributed by atoms with van der Waals surface area (Å²) in [6.07, 6.45) is 5.25. The highest BCUT2D eigenvalue weighted by Crippen LogP contribution is 2.51. The molecule has 1 unspecified atom stereocenters. The maximum atomic E-state index is 6.15. The minimum Gasteiger partial charge on any atom is -0.462 e. The van der Waals surface area contributed by atoms with E-state index in [2.05, 4.69) is 21.8 Å². The van der Waals surface area contributed by atoms with Crippen molar-refractivity contribution in [2.45, 2.75) is 25.0 Å². The van der Waals surface area contributed by atoms with Gasteiger partial charge in [0.1, 0.15) is 18.0 Å². The molecule has 1 spiro atoms. The van der Waals surface area contributed by atoms with Crippen molar-refractivity contribution < 1.29 is 14.2 Å². The predicted octanol–water partition coefficient (Wildman–Crippen LogP) is 3.61. The van der Waals surface area contributed by atoms with Gasteiger partial charge in [-0.3, -0.25) is 4.98 Å². The molecule has 2 aromatic heterocycles. The van der Waals surface area contributed by atoms with Crippen molar-refractivity contribution in [3.8, 4) is 34.6 Å². The molecule has 1 aromatic carbocycles. The van der Waals surface area contributed by atoms with Gasteiger partial charge < -0.3 is 19.9 Å². The molecular weight excluding hydrogens is 404 g/mol. The number of aliphatic imine (C=N–C) groups is 1. The molecule has 4 heterocycles. The molecule has 0 amide bonds. The molecule has 0 aliphatic carbocycles. The number of rotatable bonds is 2. The van der Waals surface area contributed by atoms with Gasteiger partial charge in [0.25, 0.3) is 6.02 Å². The van der Waals surface area contributed by atoms with Crippen LogP contribution in [0.3, 0.4) is 0 Å². The van der Waals surface area contributed by atoms with Crippen LogP contribution in [0.5, 0.6) is 11.6 Å². The molecule has 0 fully saturated rings. The van der Waals surface area contributed by atoms with E-state index in [4.69, 9.17) is 24.9 Å². The minimum absolute atomic E-state index is 0.132. The number of nitrogens with zero attached hydrogens (tertiary/aromatic N) is 3. The van der Waals surface area contributed by atoms with E-state index in [0.29, 0.717) is 11.6 Å². The molecule has 3 aromatic rings. The Morgan fingerprint density at radius 2 is 2.00 bits per heavy atom. The van der Waals surface area contributed by atoms with Gasteiger partial charge in [0.2, 0.25) is 5.88 Å². The van der Waals surface area contributed by atoms with E-state index in [-0.39, 0.29) is 12.6 Å². The number of hydrogen-bond acceptors (Lipinski definition) is 7. The first-order valence-electron chi connectivity index (χ1n) is 10.2. The minimum atomic E-state index is -0.868. The van der Waals surface area contributed by atoms with Gasteiger partial charge in [-0.25, -0.2) is 9.98 Å². The standard InChI is InChI=1S/C25H22N4O3/c1-24(2,30-3)9-8-16-11-20-22(28-13-16)32-21-7-6-17(18-5-4-10-27-14-18)12-19(21)25(20)15-31-23(26)29-25/h4-7,10-14H,15H2,1-3H3,(H2,26,29). The highest BCUT2D eigenvalue weighted by atomic mass is 16.5. The van der Waals surface area contributed by atoms with Crippen LogP contribution in [0.1, 0.15) is 30.5 Å². The number of nitrogens with two attached hydrogens (primary N) is 1. The van der Waals surface area contributed by atoms with Gasteiger partial charge >= 0.3 is 0 Å². The second-order valence-corrected chi connectivity index (χ2v) is 8.19. The molecule has 5 rings (SSSR count). The van der Waals surface area contributed by atoms with E-state index in [1.54, 1.807) is 19.5 Å². The van der Waals surface area contributed by atoms with Gasteiger partial charge in [0.05, 0.1) is 5.56 Å². The predicted molar refractivity (Wildman–Crippen MR) is 120 cm³/mol. The van der Waals surface area contributed by atoms with Crippen LogP contribution in [0.25, 0.3) is 11.1 Å². The Labute approximate surface area is 186 Å². The zero-order valence-corrected chi connectivity index (χ0v) is 18.0. The lowest BCUT2D eigenvalue weighted by Crippen LogP contribution is -2.31. The van der Waals surface area contributed by atoms with E-state index in [9.17, 15) is 0 Å². The monoisotopic (exact) mass is 426 g/mol. The lowest BCUT2D eigenvalue weighted by atomic mass is 9.81. The Morgan fingerprint density at radius 3 is 2.72 bits per heavy atom. The maximum absolute atomic E-state index is 6.15. The van der Waals surface area contributed by atoms with Crippen molar-refractivity contribution in [2.24, 2.45) is 10.7 Å². The first-order valence-corrected chi connectivity index (χ1v) is 10.2. The molecule has 0 bridgehead atoms. The number of aromatic nitrogens is 2. The molecule has 32 heavy (non-hydrogen) atoms. The van der Waals surface area contributed by atoms with Gasteiger partial charge in [-0.2, -0.15) is 0 Å². The summed E-state index contributed by atoms with van der Waals surface area (Å²) in [6, 6.07) is 11.9. The third-order valence-corrected chi connectivity index (χ3v) is 5.67. The second kappa shape index (κ2) is 7.36. The van der Waals surface area contributed by atoms with Crippen molar-refractivity contribution in [3.63, 3.8) is 0 Å². The van der Waals surface area contributed by atoms with E-state index in [1.165, 1.54) is 0 Å². The number of amidine groups is 1. The van der Waals surface area contributed by atoms with E-state index in [0.717, 1.165) is 27.8 Å². The van der Waals surface area contributed by atoms with Crippen LogP contribution in [0.4, 0.5) is 0 Å². The lowest BCUT2D eigenvalue weighted by molar-refractivity contribution is 0.0742. The molecule has 0 radical (unpaired) electrons. The first kappa shape index (κ1) is 20.0. The summed E-state index contributed by atoms with van der Waals surface area (Å²) < 4.78 is 17.2. The summed E-state index contributed by atoms with van der Waals surface area (Å²) in [5.41, 5.74) is 8.88. The van der Waals surface area contributed by atoms with Crippen molar-refractivity contribution >= 4 is 6.02 Å². The normalized spacial score (nSPS) is 18.5. The van der Waals surface area contributed by atoms with E-state index < -0.39 is 11.1 Å². The molecule has 7 heteroatoms. The van der Waals surface area contributed by atoms with Crippen molar-refractivity contribution in [2.75, 3.05) is 13.7 Å². The zero-order chi connectivity index (χ0) is 22.3. The number of methoxy groups -OCH3 is 1. The molecule has 1 atom stereocenters. The van der Waals surface area contributed by atoms with Crippen LogP contribution in [-0.4, -0.2) is 35.3 Å². The van der Waals surface area contributed by atoms with Crippen molar-refractivity contribution in [3.05, 3.63) is 71.7 Å². The summed E-state index contributed by atoms with van der Waals surface area (Å²) in [7, 11) is 1.63. The SMILES string of the molecule is COC(C)(C)C#Cc1cnc2c(c1)C1(COC(N)=N1)c1cc(-c3cccnc3)ccc1O2. The number of benzene rings is 1. The topological polar surface area (TPSA) is 91.9 Å². The van der Waals surface area contributed by atoms with Crippen molar-refractivity contribution in [1.29, 1.82) is 0 Å². The fourth-order valence-corrected chi connectivity index (χ4v) is 3.78. The summed E-state index contributed by atoms with van der Waals surface area (Å²) in [4.78, 5) is 13.5. The third-order valence-electron chi connectivity index (χ3n) is 5.67.